The normalized spacial score (nSPS) is 17.5. The summed E-state index contributed by atoms with van der Waals surface area (Å²) >= 11 is 12.5. The molecule has 36 heavy (non-hydrogen) atoms. The summed E-state index contributed by atoms with van der Waals surface area (Å²) in [4.78, 5) is 28.2. The molecule has 3 aromatic rings. The smallest absolute Gasteiger partial charge is 0.300 e. The number of nitrogens with zero attached hydrogens (tertiary/aromatic N) is 1. The number of ether oxygens (including phenoxy) is 1. The van der Waals surface area contributed by atoms with Gasteiger partial charge in [0.25, 0.3) is 11.7 Å². The van der Waals surface area contributed by atoms with Crippen LogP contribution in [0.3, 0.4) is 0 Å². The van der Waals surface area contributed by atoms with Crippen LogP contribution < -0.4 is 9.64 Å². The molecule has 186 valence electrons. The second kappa shape index (κ2) is 9.64. The molecule has 1 aliphatic rings. The number of benzene rings is 3. The van der Waals surface area contributed by atoms with E-state index in [0.717, 1.165) is 11.1 Å². The minimum atomic E-state index is -0.862. The van der Waals surface area contributed by atoms with Crippen LogP contribution in [-0.2, 0) is 15.0 Å². The van der Waals surface area contributed by atoms with E-state index in [0.29, 0.717) is 32.6 Å². The molecule has 1 fully saturated rings. The van der Waals surface area contributed by atoms with Gasteiger partial charge < -0.3 is 9.84 Å². The van der Waals surface area contributed by atoms with Crippen molar-refractivity contribution in [1.29, 1.82) is 0 Å². The van der Waals surface area contributed by atoms with Crippen LogP contribution in [-0.4, -0.2) is 23.9 Å². The maximum atomic E-state index is 13.4. The quantitative estimate of drug-likeness (QED) is 0.222. The third-order valence-electron chi connectivity index (χ3n) is 6.40. The number of aliphatic hydroxyl groups excluding tert-OH is 1. The number of carbonyl (C=O) groups excluding carboxylic acids is 2. The maximum absolute atomic E-state index is 13.4. The summed E-state index contributed by atoms with van der Waals surface area (Å²) in [5.41, 5.74) is 3.30. The number of aliphatic hydroxyl groups is 1. The molecule has 7 heteroatoms. The number of amides is 1. The van der Waals surface area contributed by atoms with Crippen LogP contribution in [0.5, 0.6) is 5.75 Å². The molecule has 1 unspecified atom stereocenters. The average molecular weight is 524 g/mol. The Labute approximate surface area is 220 Å². The SMILES string of the molecule is COc1cc(/C(O)=C2\C(=O)C(=O)N(c3ccc(C)c(Cl)c3)C2c2ccc(C(C)(C)C)cc2)ccc1Cl. The molecule has 5 nitrogen and oxygen atoms in total. The highest BCUT2D eigenvalue weighted by Gasteiger charge is 2.47. The number of methoxy groups -OCH3 is 1. The molecule has 1 aliphatic heterocycles. The Morgan fingerprint density at radius 2 is 1.61 bits per heavy atom. The van der Waals surface area contributed by atoms with Gasteiger partial charge in [-0.1, -0.05) is 74.3 Å². The second-order valence-corrected chi connectivity index (χ2v) is 10.6. The Morgan fingerprint density at radius 3 is 2.19 bits per heavy atom. The maximum Gasteiger partial charge on any atom is 0.300 e. The zero-order valence-electron chi connectivity index (χ0n) is 20.7. The zero-order chi connectivity index (χ0) is 26.4. The van der Waals surface area contributed by atoms with Crippen LogP contribution in [0.1, 0.15) is 49.1 Å². The van der Waals surface area contributed by atoms with Gasteiger partial charge in [-0.2, -0.15) is 0 Å². The zero-order valence-corrected chi connectivity index (χ0v) is 22.2. The van der Waals surface area contributed by atoms with Crippen LogP contribution in [0.15, 0.2) is 66.2 Å². The molecule has 0 saturated carbocycles. The molecule has 0 radical (unpaired) electrons. The summed E-state index contributed by atoms with van der Waals surface area (Å²) in [6.45, 7) is 8.18. The molecular formula is C29H27Cl2NO4. The van der Waals surface area contributed by atoms with E-state index in [9.17, 15) is 14.7 Å². The van der Waals surface area contributed by atoms with E-state index < -0.39 is 17.7 Å². The molecular weight excluding hydrogens is 497 g/mol. The fraction of sp³-hybridized carbons (Fsp3) is 0.241. The van der Waals surface area contributed by atoms with Crippen LogP contribution in [0.2, 0.25) is 10.0 Å². The fourth-order valence-corrected chi connectivity index (χ4v) is 4.64. The van der Waals surface area contributed by atoms with Crippen molar-refractivity contribution in [2.24, 2.45) is 0 Å². The molecule has 3 aromatic carbocycles. The van der Waals surface area contributed by atoms with Gasteiger partial charge in [0, 0.05) is 16.3 Å². The van der Waals surface area contributed by atoms with Crippen molar-refractivity contribution >= 4 is 46.3 Å². The molecule has 1 saturated heterocycles. The number of carbonyl (C=O) groups is 2. The van der Waals surface area contributed by atoms with E-state index in [1.54, 1.807) is 30.3 Å². The lowest BCUT2D eigenvalue weighted by atomic mass is 9.85. The number of halogens is 2. The van der Waals surface area contributed by atoms with Gasteiger partial charge in [0.15, 0.2) is 0 Å². The van der Waals surface area contributed by atoms with Crippen molar-refractivity contribution in [3.05, 3.63) is 98.5 Å². The predicted molar refractivity (Wildman–Crippen MR) is 144 cm³/mol. The summed E-state index contributed by atoms with van der Waals surface area (Å²) in [6, 6.07) is 16.7. The first-order valence-electron chi connectivity index (χ1n) is 11.5. The molecule has 1 heterocycles. The van der Waals surface area contributed by atoms with Gasteiger partial charge >= 0.3 is 0 Å². The number of ketones is 1. The van der Waals surface area contributed by atoms with Gasteiger partial charge in [0.1, 0.15) is 11.5 Å². The third kappa shape index (κ3) is 4.61. The summed E-state index contributed by atoms with van der Waals surface area (Å²) in [5, 5.41) is 12.2. The van der Waals surface area contributed by atoms with Crippen molar-refractivity contribution in [2.75, 3.05) is 12.0 Å². The first-order valence-corrected chi connectivity index (χ1v) is 12.2. The lowest BCUT2D eigenvalue weighted by molar-refractivity contribution is -0.132. The number of hydrogen-bond donors (Lipinski definition) is 1. The van der Waals surface area contributed by atoms with Gasteiger partial charge in [-0.05, 0) is 59.4 Å². The topological polar surface area (TPSA) is 66.8 Å². The van der Waals surface area contributed by atoms with E-state index in [1.165, 1.54) is 18.1 Å². The van der Waals surface area contributed by atoms with Gasteiger partial charge in [0.05, 0.1) is 23.7 Å². The van der Waals surface area contributed by atoms with Gasteiger partial charge in [-0.15, -0.1) is 0 Å². The Balaban J connectivity index is 1.95. The molecule has 1 amide bonds. The van der Waals surface area contributed by atoms with Gasteiger partial charge in [-0.25, -0.2) is 0 Å². The van der Waals surface area contributed by atoms with E-state index in [1.807, 2.05) is 31.2 Å². The molecule has 0 bridgehead atoms. The standard InChI is InChI=1S/C29H27Cl2NO4/c1-16-6-12-20(15-22(16)31)32-25(17-7-10-19(11-8-17)29(2,3)4)24(27(34)28(32)35)26(33)18-9-13-21(30)23(14-18)36-5/h6-15,25,33H,1-5H3/b26-24+. The summed E-state index contributed by atoms with van der Waals surface area (Å²) in [7, 11) is 1.46. The first kappa shape index (κ1) is 25.8. The number of hydrogen-bond acceptors (Lipinski definition) is 4. The van der Waals surface area contributed by atoms with E-state index >= 15 is 0 Å². The van der Waals surface area contributed by atoms with Crippen molar-refractivity contribution in [1.82, 2.24) is 0 Å². The monoisotopic (exact) mass is 523 g/mol. The molecule has 0 spiro atoms. The number of Topliss-reactive ketones (excluding diaryl/α,β-unsaturated/α-hetero) is 1. The summed E-state index contributed by atoms with van der Waals surface area (Å²) < 4.78 is 5.28. The molecule has 1 atom stereocenters. The lowest BCUT2D eigenvalue weighted by Crippen LogP contribution is -2.29. The van der Waals surface area contributed by atoms with Crippen LogP contribution in [0.25, 0.3) is 5.76 Å². The van der Waals surface area contributed by atoms with Crippen molar-refractivity contribution < 1.29 is 19.4 Å². The van der Waals surface area contributed by atoms with E-state index in [4.69, 9.17) is 27.9 Å². The minimum Gasteiger partial charge on any atom is -0.507 e. The third-order valence-corrected chi connectivity index (χ3v) is 7.11. The Bertz CT molecular complexity index is 1390. The largest absolute Gasteiger partial charge is 0.507 e. The minimum absolute atomic E-state index is 0.0235. The van der Waals surface area contributed by atoms with Crippen molar-refractivity contribution in [3.8, 4) is 5.75 Å². The second-order valence-electron chi connectivity index (χ2n) is 9.82. The Hall–Kier alpha value is -3.28. The highest BCUT2D eigenvalue weighted by atomic mass is 35.5. The molecule has 0 aromatic heterocycles. The fourth-order valence-electron chi connectivity index (χ4n) is 4.27. The number of anilines is 1. The summed E-state index contributed by atoms with van der Waals surface area (Å²) in [6.07, 6.45) is 0. The van der Waals surface area contributed by atoms with Gasteiger partial charge in [-0.3, -0.25) is 14.5 Å². The number of rotatable bonds is 4. The number of aryl methyl sites for hydroxylation is 1. The Kier molecular flexibility index (Phi) is 6.91. The van der Waals surface area contributed by atoms with E-state index in [-0.39, 0.29) is 16.7 Å². The molecule has 0 aliphatic carbocycles. The van der Waals surface area contributed by atoms with Crippen LogP contribution in [0, 0.1) is 6.92 Å². The van der Waals surface area contributed by atoms with E-state index in [2.05, 4.69) is 20.8 Å². The highest BCUT2D eigenvalue weighted by molar-refractivity contribution is 6.52. The van der Waals surface area contributed by atoms with Crippen LogP contribution >= 0.6 is 23.2 Å². The average Bonchev–Trinajstić information content (AvgIpc) is 3.10. The predicted octanol–water partition coefficient (Wildman–Crippen LogP) is 7.23. The van der Waals surface area contributed by atoms with Gasteiger partial charge in [0.2, 0.25) is 0 Å². The van der Waals surface area contributed by atoms with Crippen LogP contribution in [0.4, 0.5) is 5.69 Å². The molecule has 4 rings (SSSR count). The lowest BCUT2D eigenvalue weighted by Gasteiger charge is -2.27. The molecule has 1 N–H and O–H groups in total. The Morgan fingerprint density at radius 1 is 0.944 bits per heavy atom. The first-order chi connectivity index (χ1) is 16.9. The van der Waals surface area contributed by atoms with Crippen molar-refractivity contribution in [3.63, 3.8) is 0 Å². The van der Waals surface area contributed by atoms with Crippen molar-refractivity contribution in [2.45, 2.75) is 39.2 Å². The summed E-state index contributed by atoms with van der Waals surface area (Å²) in [5.74, 6) is -1.51. The highest BCUT2D eigenvalue weighted by Crippen LogP contribution is 2.43.